The number of hydrogen-bond acceptors (Lipinski definition) is 6. The van der Waals surface area contributed by atoms with E-state index in [9.17, 15) is 10.1 Å². The maximum Gasteiger partial charge on any atom is 0.262 e. The van der Waals surface area contributed by atoms with Crippen molar-refractivity contribution in [1.82, 2.24) is 4.90 Å². The van der Waals surface area contributed by atoms with E-state index in [1.165, 1.54) is 0 Å². The van der Waals surface area contributed by atoms with Gasteiger partial charge in [0.1, 0.15) is 0 Å². The summed E-state index contributed by atoms with van der Waals surface area (Å²) in [5.41, 5.74) is 7.49. The van der Waals surface area contributed by atoms with Crippen LogP contribution in [0.25, 0.3) is 0 Å². The van der Waals surface area contributed by atoms with E-state index in [2.05, 4.69) is 19.9 Å². The molecular weight excluding hydrogens is 404 g/mol. The van der Waals surface area contributed by atoms with Crippen LogP contribution < -0.4 is 5.73 Å². The minimum Gasteiger partial charge on any atom is -0.381 e. The van der Waals surface area contributed by atoms with Gasteiger partial charge in [-0.25, -0.2) is 4.99 Å². The summed E-state index contributed by atoms with van der Waals surface area (Å²) in [5, 5.41) is 9.57. The zero-order chi connectivity index (χ0) is 22.7. The van der Waals surface area contributed by atoms with Crippen LogP contribution in [0, 0.1) is 28.6 Å². The van der Waals surface area contributed by atoms with Crippen molar-refractivity contribution in [1.29, 1.82) is 5.26 Å². The molecule has 2 aliphatic carbocycles. The average molecular weight is 437 g/mol. The topological polar surface area (TPSA) is 101 Å². The molecule has 1 amide bonds. The van der Waals surface area contributed by atoms with Crippen molar-refractivity contribution >= 4 is 11.9 Å². The lowest BCUT2D eigenvalue weighted by atomic mass is 9.56. The van der Waals surface area contributed by atoms with Crippen molar-refractivity contribution in [3.8, 4) is 6.07 Å². The second-order valence-corrected chi connectivity index (χ2v) is 10.2. The summed E-state index contributed by atoms with van der Waals surface area (Å²) in [7, 11) is 1.77. The smallest absolute Gasteiger partial charge is 0.262 e. The van der Waals surface area contributed by atoms with Gasteiger partial charge in [-0.15, -0.1) is 0 Å². The second kappa shape index (κ2) is 7.57. The zero-order valence-corrected chi connectivity index (χ0v) is 19.1. The summed E-state index contributed by atoms with van der Waals surface area (Å²) in [4.78, 5) is 20.9. The number of aliphatic imine (C=N–C) groups is 1. The molecular formula is C25H32N4O3. The molecule has 1 aromatic rings. The molecule has 0 aromatic heterocycles. The van der Waals surface area contributed by atoms with Crippen LogP contribution in [0.2, 0.25) is 0 Å². The van der Waals surface area contributed by atoms with Crippen molar-refractivity contribution in [2.24, 2.45) is 28.0 Å². The van der Waals surface area contributed by atoms with Gasteiger partial charge in [0.2, 0.25) is 0 Å². The number of amides is 1. The number of guanidine groups is 1. The van der Waals surface area contributed by atoms with E-state index in [-0.39, 0.29) is 41.3 Å². The molecule has 5 rings (SSSR count). The summed E-state index contributed by atoms with van der Waals surface area (Å²) in [5.74, 6) is 0.771. The Morgan fingerprint density at radius 1 is 1.34 bits per heavy atom. The third-order valence-electron chi connectivity index (χ3n) is 8.27. The maximum atomic E-state index is 14.3. The van der Waals surface area contributed by atoms with Crippen LogP contribution in [0.3, 0.4) is 0 Å². The van der Waals surface area contributed by atoms with Gasteiger partial charge in [-0.2, -0.15) is 5.26 Å². The molecule has 0 radical (unpaired) electrons. The van der Waals surface area contributed by atoms with E-state index in [1.54, 1.807) is 12.0 Å². The van der Waals surface area contributed by atoms with Gasteiger partial charge in [-0.3, -0.25) is 9.69 Å². The molecule has 3 unspecified atom stereocenters. The summed E-state index contributed by atoms with van der Waals surface area (Å²) in [6.07, 6.45) is 4.47. The SMILES string of the molecule is COC1[C@H](C)CC2(Cc3ccc(C#N)cc3C23N=C(N)N(C[C@H]2CCCO2)C3=O)C[C@@H]1C. The van der Waals surface area contributed by atoms with Crippen molar-refractivity contribution in [2.75, 3.05) is 20.3 Å². The van der Waals surface area contributed by atoms with E-state index >= 15 is 0 Å². The Balaban J connectivity index is 1.63. The Labute approximate surface area is 189 Å². The van der Waals surface area contributed by atoms with E-state index in [0.29, 0.717) is 12.1 Å². The van der Waals surface area contributed by atoms with Crippen LogP contribution in [0.4, 0.5) is 0 Å². The second-order valence-electron chi connectivity index (χ2n) is 10.2. The molecule has 2 N–H and O–H groups in total. The summed E-state index contributed by atoms with van der Waals surface area (Å²) in [6.45, 7) is 5.57. The lowest BCUT2D eigenvalue weighted by Gasteiger charge is -2.50. The molecule has 0 bridgehead atoms. The van der Waals surface area contributed by atoms with Gasteiger partial charge in [0.25, 0.3) is 5.91 Å². The largest absolute Gasteiger partial charge is 0.381 e. The van der Waals surface area contributed by atoms with E-state index in [4.69, 9.17) is 20.2 Å². The zero-order valence-electron chi connectivity index (χ0n) is 19.1. The number of carbonyl (C=O) groups excluding carboxylic acids is 1. The third-order valence-corrected chi connectivity index (χ3v) is 8.27. The molecule has 2 heterocycles. The van der Waals surface area contributed by atoms with Crippen molar-refractivity contribution in [3.63, 3.8) is 0 Å². The monoisotopic (exact) mass is 436 g/mol. The summed E-state index contributed by atoms with van der Waals surface area (Å²) in [6, 6.07) is 7.95. The number of nitrogens with zero attached hydrogens (tertiary/aromatic N) is 3. The predicted molar refractivity (Wildman–Crippen MR) is 120 cm³/mol. The van der Waals surface area contributed by atoms with Crippen LogP contribution in [-0.2, 0) is 26.2 Å². The first-order chi connectivity index (χ1) is 15.3. The molecule has 170 valence electrons. The number of nitriles is 1. The Bertz CT molecular complexity index is 997. The van der Waals surface area contributed by atoms with Gasteiger partial charge in [0.05, 0.1) is 30.4 Å². The lowest BCUT2D eigenvalue weighted by molar-refractivity contribution is -0.143. The van der Waals surface area contributed by atoms with Crippen molar-refractivity contribution < 1.29 is 14.3 Å². The molecule has 2 fully saturated rings. The molecule has 1 saturated carbocycles. The number of rotatable bonds is 3. The highest BCUT2D eigenvalue weighted by atomic mass is 16.5. The molecule has 7 heteroatoms. The fourth-order valence-electron chi connectivity index (χ4n) is 7.20. The van der Waals surface area contributed by atoms with Gasteiger partial charge < -0.3 is 15.2 Å². The highest BCUT2D eigenvalue weighted by Crippen LogP contribution is 2.63. The number of carbonyl (C=O) groups is 1. The Morgan fingerprint density at radius 3 is 2.72 bits per heavy atom. The minimum absolute atomic E-state index is 0.00723. The Morgan fingerprint density at radius 2 is 2.09 bits per heavy atom. The first-order valence-electron chi connectivity index (χ1n) is 11.7. The van der Waals surface area contributed by atoms with Crippen LogP contribution in [-0.4, -0.2) is 49.2 Å². The number of methoxy groups -OCH3 is 1. The first kappa shape index (κ1) is 21.4. The molecule has 1 aromatic carbocycles. The molecule has 4 aliphatic rings. The van der Waals surface area contributed by atoms with Gasteiger partial charge >= 0.3 is 0 Å². The average Bonchev–Trinajstić information content (AvgIpc) is 3.42. The normalized spacial score (nSPS) is 38.4. The lowest BCUT2D eigenvalue weighted by Crippen LogP contribution is -2.56. The number of benzene rings is 1. The van der Waals surface area contributed by atoms with Crippen LogP contribution in [0.5, 0.6) is 0 Å². The number of hydrogen-bond donors (Lipinski definition) is 1. The van der Waals surface area contributed by atoms with Gasteiger partial charge in [-0.05, 0) is 67.2 Å². The molecule has 32 heavy (non-hydrogen) atoms. The quantitative estimate of drug-likeness (QED) is 0.785. The molecule has 1 saturated heterocycles. The van der Waals surface area contributed by atoms with Crippen LogP contribution in [0.15, 0.2) is 23.2 Å². The standard InChI is InChI=1S/C25H32N4O3/c1-15-10-24(11-16(2)21(15)31-3)12-18-7-6-17(13-26)9-20(18)25(24)22(30)29(23(27)28-25)14-19-5-4-8-32-19/h6-7,9,15-16,19,21H,4-5,8,10-12,14H2,1-3H3,(H2,27,28)/t15-,16+,19-,21?,24?,25?/m1/s1. The van der Waals surface area contributed by atoms with Crippen molar-refractivity contribution in [3.05, 3.63) is 34.9 Å². The van der Waals surface area contributed by atoms with Gasteiger partial charge in [0, 0.05) is 19.1 Å². The predicted octanol–water partition coefficient (Wildman–Crippen LogP) is 2.71. The van der Waals surface area contributed by atoms with E-state index in [0.717, 1.165) is 49.8 Å². The molecule has 2 aliphatic heterocycles. The molecule has 6 atom stereocenters. The maximum absolute atomic E-state index is 14.3. The third kappa shape index (κ3) is 2.85. The van der Waals surface area contributed by atoms with E-state index < -0.39 is 5.54 Å². The number of fused-ring (bicyclic) bond motifs is 3. The first-order valence-corrected chi connectivity index (χ1v) is 11.7. The van der Waals surface area contributed by atoms with Gasteiger partial charge in [-0.1, -0.05) is 19.9 Å². The van der Waals surface area contributed by atoms with Gasteiger partial charge in [0.15, 0.2) is 11.5 Å². The Hall–Kier alpha value is -2.43. The van der Waals surface area contributed by atoms with Crippen LogP contribution >= 0.6 is 0 Å². The highest BCUT2D eigenvalue weighted by Gasteiger charge is 2.68. The number of nitrogens with two attached hydrogens (primary N) is 1. The summed E-state index contributed by atoms with van der Waals surface area (Å²) < 4.78 is 11.6. The van der Waals surface area contributed by atoms with E-state index in [1.807, 2.05) is 18.2 Å². The molecule has 7 nitrogen and oxygen atoms in total. The molecule has 2 spiro atoms. The van der Waals surface area contributed by atoms with Crippen LogP contribution in [0.1, 0.15) is 56.2 Å². The fraction of sp³-hybridized carbons (Fsp3) is 0.640. The Kier molecular flexibility index (Phi) is 5.06. The fourth-order valence-corrected chi connectivity index (χ4v) is 7.20. The highest BCUT2D eigenvalue weighted by molar-refractivity contribution is 6.08. The summed E-state index contributed by atoms with van der Waals surface area (Å²) >= 11 is 0. The minimum atomic E-state index is -1.08. The van der Waals surface area contributed by atoms with Crippen molar-refractivity contribution in [2.45, 2.75) is 63.7 Å². The number of ether oxygens (including phenoxy) is 2.